The lowest BCUT2D eigenvalue weighted by molar-refractivity contribution is 0.0274. The summed E-state index contributed by atoms with van der Waals surface area (Å²) in [7, 11) is 2.07. The first-order chi connectivity index (χ1) is 8.06. The van der Waals surface area contributed by atoms with Crippen LogP contribution in [0.2, 0.25) is 10.0 Å². The summed E-state index contributed by atoms with van der Waals surface area (Å²) in [6.45, 7) is 1.80. The summed E-state index contributed by atoms with van der Waals surface area (Å²) in [6, 6.07) is 5.72. The Balaban J connectivity index is 1.89. The Bertz CT molecular complexity index is 391. The van der Waals surface area contributed by atoms with Crippen molar-refractivity contribution in [2.75, 3.05) is 13.6 Å². The van der Waals surface area contributed by atoms with E-state index in [9.17, 15) is 5.11 Å². The Morgan fingerprint density at radius 1 is 1.35 bits per heavy atom. The number of aliphatic hydroxyl groups excluding tert-OH is 1. The van der Waals surface area contributed by atoms with Crippen LogP contribution >= 0.6 is 23.2 Å². The van der Waals surface area contributed by atoms with Crippen LogP contribution in [0.25, 0.3) is 0 Å². The summed E-state index contributed by atoms with van der Waals surface area (Å²) in [5.74, 6) is 0.618. The zero-order valence-electron chi connectivity index (χ0n) is 9.87. The van der Waals surface area contributed by atoms with Crippen molar-refractivity contribution in [1.82, 2.24) is 4.90 Å². The summed E-state index contributed by atoms with van der Waals surface area (Å²) in [6.07, 6.45) is 1.77. The number of hydrogen-bond acceptors (Lipinski definition) is 2. The SMILES string of the molecule is CN(Cc1cccc(Cl)c1Cl)CC1CC(O)C1. The maximum atomic E-state index is 9.24. The van der Waals surface area contributed by atoms with Gasteiger partial charge in [-0.05, 0) is 37.4 Å². The summed E-state index contributed by atoms with van der Waals surface area (Å²) >= 11 is 12.1. The first-order valence-corrected chi connectivity index (χ1v) is 6.61. The molecule has 2 nitrogen and oxygen atoms in total. The van der Waals surface area contributed by atoms with Gasteiger partial charge in [-0.15, -0.1) is 0 Å². The van der Waals surface area contributed by atoms with Gasteiger partial charge in [0.15, 0.2) is 0 Å². The summed E-state index contributed by atoms with van der Waals surface area (Å²) in [4.78, 5) is 2.23. The fourth-order valence-corrected chi connectivity index (χ4v) is 2.70. The van der Waals surface area contributed by atoms with Gasteiger partial charge in [0.2, 0.25) is 0 Å². The normalized spacial score (nSPS) is 23.8. The van der Waals surface area contributed by atoms with Gasteiger partial charge in [-0.1, -0.05) is 35.3 Å². The molecule has 1 aromatic rings. The molecule has 1 saturated carbocycles. The number of halogens is 2. The van der Waals surface area contributed by atoms with Crippen LogP contribution in [0, 0.1) is 5.92 Å². The second-order valence-corrected chi connectivity index (χ2v) is 5.69. The van der Waals surface area contributed by atoms with Crippen LogP contribution in [0.15, 0.2) is 18.2 Å². The molecule has 0 spiro atoms. The van der Waals surface area contributed by atoms with Crippen LogP contribution < -0.4 is 0 Å². The molecule has 0 saturated heterocycles. The van der Waals surface area contributed by atoms with E-state index in [2.05, 4.69) is 11.9 Å². The van der Waals surface area contributed by atoms with Crippen molar-refractivity contribution in [3.05, 3.63) is 33.8 Å². The Morgan fingerprint density at radius 3 is 2.71 bits per heavy atom. The van der Waals surface area contributed by atoms with E-state index in [0.717, 1.165) is 31.5 Å². The van der Waals surface area contributed by atoms with Gasteiger partial charge in [0.05, 0.1) is 16.1 Å². The Kier molecular flexibility index (Phi) is 4.31. The standard InChI is InChI=1S/C13H17Cl2NO/c1-16(7-9-5-11(17)6-9)8-10-3-2-4-12(14)13(10)15/h2-4,9,11,17H,5-8H2,1H3. The molecule has 0 heterocycles. The number of nitrogens with zero attached hydrogens (tertiary/aromatic N) is 1. The molecular formula is C13H17Cl2NO. The highest BCUT2D eigenvalue weighted by molar-refractivity contribution is 6.42. The zero-order valence-corrected chi connectivity index (χ0v) is 11.4. The molecule has 94 valence electrons. The first-order valence-electron chi connectivity index (χ1n) is 5.85. The van der Waals surface area contributed by atoms with Gasteiger partial charge >= 0.3 is 0 Å². The Labute approximate surface area is 112 Å². The van der Waals surface area contributed by atoms with Crippen LogP contribution in [0.3, 0.4) is 0 Å². The van der Waals surface area contributed by atoms with Crippen molar-refractivity contribution in [2.24, 2.45) is 5.92 Å². The quantitative estimate of drug-likeness (QED) is 0.911. The minimum atomic E-state index is -0.0804. The zero-order chi connectivity index (χ0) is 12.4. The lowest BCUT2D eigenvalue weighted by Gasteiger charge is -2.34. The number of rotatable bonds is 4. The summed E-state index contributed by atoms with van der Waals surface area (Å²) < 4.78 is 0. The molecule has 4 heteroatoms. The third-order valence-corrected chi connectivity index (χ3v) is 4.11. The summed E-state index contributed by atoms with van der Waals surface area (Å²) in [5, 5.41) is 10.5. The molecule has 1 aliphatic carbocycles. The van der Waals surface area contributed by atoms with Gasteiger partial charge in [0.25, 0.3) is 0 Å². The average molecular weight is 274 g/mol. The minimum absolute atomic E-state index is 0.0804. The van der Waals surface area contributed by atoms with E-state index in [1.54, 1.807) is 6.07 Å². The monoisotopic (exact) mass is 273 g/mol. The van der Waals surface area contributed by atoms with Crippen LogP contribution in [0.4, 0.5) is 0 Å². The van der Waals surface area contributed by atoms with E-state index < -0.39 is 0 Å². The van der Waals surface area contributed by atoms with Crippen molar-refractivity contribution in [2.45, 2.75) is 25.5 Å². The van der Waals surface area contributed by atoms with Crippen molar-refractivity contribution in [1.29, 1.82) is 0 Å². The molecule has 0 amide bonds. The van der Waals surface area contributed by atoms with Crippen molar-refractivity contribution >= 4 is 23.2 Å². The van der Waals surface area contributed by atoms with E-state index in [-0.39, 0.29) is 6.10 Å². The first kappa shape index (κ1) is 13.2. The topological polar surface area (TPSA) is 23.5 Å². The van der Waals surface area contributed by atoms with Crippen LogP contribution in [-0.4, -0.2) is 29.7 Å². The lowest BCUT2D eigenvalue weighted by Crippen LogP contribution is -2.36. The van der Waals surface area contributed by atoms with Gasteiger partial charge in [-0.2, -0.15) is 0 Å². The number of aliphatic hydroxyl groups is 1. The van der Waals surface area contributed by atoms with Crippen molar-refractivity contribution < 1.29 is 5.11 Å². The molecule has 0 atom stereocenters. The molecular weight excluding hydrogens is 257 g/mol. The van der Waals surface area contributed by atoms with Crippen molar-refractivity contribution in [3.63, 3.8) is 0 Å². The molecule has 0 bridgehead atoms. The van der Waals surface area contributed by atoms with Gasteiger partial charge in [0.1, 0.15) is 0 Å². The predicted octanol–water partition coefficient (Wildman–Crippen LogP) is 3.20. The molecule has 2 rings (SSSR count). The highest BCUT2D eigenvalue weighted by Crippen LogP contribution is 2.29. The molecule has 1 fully saturated rings. The predicted molar refractivity (Wildman–Crippen MR) is 71.5 cm³/mol. The largest absolute Gasteiger partial charge is 0.393 e. The number of benzene rings is 1. The van der Waals surface area contributed by atoms with E-state index in [4.69, 9.17) is 23.2 Å². The second-order valence-electron chi connectivity index (χ2n) is 4.90. The third-order valence-electron chi connectivity index (χ3n) is 3.25. The summed E-state index contributed by atoms with van der Waals surface area (Å²) in [5.41, 5.74) is 1.06. The fraction of sp³-hybridized carbons (Fsp3) is 0.538. The Hall–Kier alpha value is -0.280. The minimum Gasteiger partial charge on any atom is -0.393 e. The van der Waals surface area contributed by atoms with E-state index in [1.807, 2.05) is 12.1 Å². The average Bonchev–Trinajstić information content (AvgIpc) is 2.23. The fourth-order valence-electron chi connectivity index (χ4n) is 2.32. The lowest BCUT2D eigenvalue weighted by atomic mass is 9.82. The van der Waals surface area contributed by atoms with Gasteiger partial charge in [0, 0.05) is 13.1 Å². The molecule has 1 N–H and O–H groups in total. The highest BCUT2D eigenvalue weighted by atomic mass is 35.5. The maximum absolute atomic E-state index is 9.24. The van der Waals surface area contributed by atoms with E-state index in [0.29, 0.717) is 16.0 Å². The second kappa shape index (κ2) is 5.57. The molecule has 1 aromatic carbocycles. The Morgan fingerprint density at radius 2 is 2.06 bits per heavy atom. The molecule has 1 aliphatic rings. The third kappa shape index (κ3) is 3.35. The molecule has 0 radical (unpaired) electrons. The van der Waals surface area contributed by atoms with E-state index >= 15 is 0 Å². The number of hydrogen-bond donors (Lipinski definition) is 1. The van der Waals surface area contributed by atoms with Gasteiger partial charge in [-0.3, -0.25) is 0 Å². The highest BCUT2D eigenvalue weighted by Gasteiger charge is 2.27. The molecule has 0 aliphatic heterocycles. The van der Waals surface area contributed by atoms with Crippen LogP contribution in [-0.2, 0) is 6.54 Å². The van der Waals surface area contributed by atoms with Crippen LogP contribution in [0.1, 0.15) is 18.4 Å². The molecule has 0 unspecified atom stereocenters. The van der Waals surface area contributed by atoms with Crippen molar-refractivity contribution in [3.8, 4) is 0 Å². The van der Waals surface area contributed by atoms with E-state index in [1.165, 1.54) is 0 Å². The van der Waals surface area contributed by atoms with Crippen LogP contribution in [0.5, 0.6) is 0 Å². The smallest absolute Gasteiger partial charge is 0.0637 e. The van der Waals surface area contributed by atoms with Gasteiger partial charge < -0.3 is 10.0 Å². The molecule has 17 heavy (non-hydrogen) atoms. The maximum Gasteiger partial charge on any atom is 0.0637 e. The van der Waals surface area contributed by atoms with Gasteiger partial charge in [-0.25, -0.2) is 0 Å². The molecule has 0 aromatic heterocycles.